The van der Waals surface area contributed by atoms with E-state index in [0.717, 1.165) is 101 Å². The van der Waals surface area contributed by atoms with Crippen molar-refractivity contribution in [3.05, 3.63) is 155 Å². The standard InChI is InChI=1S/C21H28O2.C15H24O2.C14H21NO2.C13H20O2/c1-2-3-10-19-13-9-14-21(17-19)23-16-8-7-15-22-18-20-11-5-4-6-12-20;1-3-4-8-14-9-7-10-15(13-14)17-12-6-5-11-16-2;1-2-3-6-12-7-4-8-13(11-12)17-10-5-9-14(15)16;1-3-4-6-12-7-5-8-13(11-12)15-10-9-14-2/h4-6,9,11-14,17H,2-3,7-8,10,15-16,18H2,1H3;7,9-10,13H,3-6,8,11-12H2,1-2H3;4,7-8,11H,2-3,5-6,9-10H2,1H3,(H2,15,16);5,7-8,11H,3-4,6,9-10H2,1-2H3. The molecule has 0 unspecified atom stereocenters. The highest BCUT2D eigenvalue weighted by atomic mass is 16.5. The van der Waals surface area contributed by atoms with Crippen LogP contribution >= 0.6 is 0 Å². The van der Waals surface area contributed by atoms with Crippen molar-refractivity contribution in [3.8, 4) is 23.0 Å². The lowest BCUT2D eigenvalue weighted by atomic mass is 10.1. The summed E-state index contributed by atoms with van der Waals surface area (Å²) in [6.07, 6.45) is 19.6. The van der Waals surface area contributed by atoms with Crippen molar-refractivity contribution in [2.24, 2.45) is 5.73 Å². The highest BCUT2D eigenvalue weighted by molar-refractivity contribution is 5.73. The molecule has 0 aliphatic heterocycles. The fourth-order valence-electron chi connectivity index (χ4n) is 7.16. The number of carbonyl (C=O) groups excluding carboxylic acids is 1. The van der Waals surface area contributed by atoms with Crippen molar-refractivity contribution in [1.82, 2.24) is 0 Å². The fraction of sp³-hybridized carbons (Fsp3) is 0.508. The topological polar surface area (TPSA) is 108 Å². The first kappa shape index (κ1) is 62.8. The van der Waals surface area contributed by atoms with Gasteiger partial charge in [0, 0.05) is 33.9 Å². The van der Waals surface area contributed by atoms with Gasteiger partial charge in [0.1, 0.15) is 29.6 Å². The molecule has 0 atom stereocenters. The van der Waals surface area contributed by atoms with E-state index in [1.165, 1.54) is 79.2 Å². The van der Waals surface area contributed by atoms with Crippen LogP contribution in [0.1, 0.15) is 145 Å². The van der Waals surface area contributed by atoms with Crippen molar-refractivity contribution in [3.63, 3.8) is 0 Å². The predicted octanol–water partition coefficient (Wildman–Crippen LogP) is 15.0. The van der Waals surface area contributed by atoms with Gasteiger partial charge in [-0.05, 0) is 160 Å². The van der Waals surface area contributed by atoms with E-state index < -0.39 is 0 Å². The normalized spacial score (nSPS) is 10.4. The largest absolute Gasteiger partial charge is 0.494 e. The molecule has 9 nitrogen and oxygen atoms in total. The van der Waals surface area contributed by atoms with Crippen LogP contribution in [0, 0.1) is 0 Å². The highest BCUT2D eigenvalue weighted by Gasteiger charge is 2.02. The Balaban J connectivity index is 0.000000334. The van der Waals surface area contributed by atoms with Crippen molar-refractivity contribution < 1.29 is 38.0 Å². The van der Waals surface area contributed by atoms with E-state index >= 15 is 0 Å². The second-order valence-corrected chi connectivity index (χ2v) is 17.9. The lowest BCUT2D eigenvalue weighted by Gasteiger charge is -2.08. The lowest BCUT2D eigenvalue weighted by Crippen LogP contribution is -2.11. The van der Waals surface area contributed by atoms with Gasteiger partial charge in [-0.15, -0.1) is 0 Å². The zero-order valence-electron chi connectivity index (χ0n) is 45.4. The van der Waals surface area contributed by atoms with Crippen LogP contribution in [-0.4, -0.2) is 66.4 Å². The van der Waals surface area contributed by atoms with Crippen LogP contribution in [0.15, 0.2) is 127 Å². The highest BCUT2D eigenvalue weighted by Crippen LogP contribution is 2.19. The number of aryl methyl sites for hydroxylation is 4. The summed E-state index contributed by atoms with van der Waals surface area (Å²) in [5.74, 6) is 3.54. The number of nitrogens with two attached hydrogens (primary N) is 1. The van der Waals surface area contributed by atoms with E-state index in [9.17, 15) is 4.79 Å². The number of hydrogen-bond acceptors (Lipinski definition) is 8. The van der Waals surface area contributed by atoms with Gasteiger partial charge in [0.15, 0.2) is 0 Å². The Morgan fingerprint density at radius 2 is 0.722 bits per heavy atom. The van der Waals surface area contributed by atoms with Crippen LogP contribution in [0.4, 0.5) is 0 Å². The third-order valence-corrected chi connectivity index (χ3v) is 11.3. The summed E-state index contributed by atoms with van der Waals surface area (Å²) in [5, 5.41) is 0. The van der Waals surface area contributed by atoms with Crippen LogP contribution in [0.25, 0.3) is 0 Å². The molecule has 5 aromatic carbocycles. The SMILES string of the molecule is CCCCc1cccc(OCCCC(N)=O)c1.CCCCc1cccc(OCCCCOC)c1.CCCCc1cccc(OCCCCOCc2ccccc2)c1.CCCCc1cccc(OCCOC)c1. The molecular weight excluding hydrogens is 899 g/mol. The molecule has 0 radical (unpaired) electrons. The number of hydrogen-bond donors (Lipinski definition) is 1. The zero-order chi connectivity index (χ0) is 52.0. The van der Waals surface area contributed by atoms with Gasteiger partial charge in [0.05, 0.1) is 33.0 Å². The summed E-state index contributed by atoms with van der Waals surface area (Å²) in [4.78, 5) is 10.5. The quantitative estimate of drug-likeness (QED) is 0.0400. The van der Waals surface area contributed by atoms with E-state index in [0.29, 0.717) is 39.3 Å². The number of amides is 1. The first-order chi connectivity index (χ1) is 35.3. The minimum absolute atomic E-state index is 0.273. The van der Waals surface area contributed by atoms with Crippen molar-refractivity contribution >= 4 is 5.91 Å². The molecule has 0 saturated carbocycles. The summed E-state index contributed by atoms with van der Waals surface area (Å²) in [7, 11) is 3.42. The number of unbranched alkanes of at least 4 members (excludes halogenated alkanes) is 6. The molecule has 5 rings (SSSR count). The summed E-state index contributed by atoms with van der Waals surface area (Å²) >= 11 is 0. The third kappa shape index (κ3) is 34.1. The second kappa shape index (κ2) is 44.4. The van der Waals surface area contributed by atoms with Crippen LogP contribution in [-0.2, 0) is 51.3 Å². The van der Waals surface area contributed by atoms with Gasteiger partial charge in [-0.1, -0.05) is 132 Å². The molecule has 0 aliphatic carbocycles. The van der Waals surface area contributed by atoms with Crippen LogP contribution < -0.4 is 24.7 Å². The molecule has 72 heavy (non-hydrogen) atoms. The van der Waals surface area contributed by atoms with Gasteiger partial charge in [-0.2, -0.15) is 0 Å². The Kier molecular flexibility index (Phi) is 38.7. The third-order valence-electron chi connectivity index (χ3n) is 11.3. The van der Waals surface area contributed by atoms with Crippen LogP contribution in [0.5, 0.6) is 23.0 Å². The van der Waals surface area contributed by atoms with Gasteiger partial charge in [-0.25, -0.2) is 0 Å². The summed E-state index contributed by atoms with van der Waals surface area (Å²) in [6.45, 7) is 14.5. The number of carbonyl (C=O) groups is 1. The lowest BCUT2D eigenvalue weighted by molar-refractivity contribution is -0.118. The molecule has 9 heteroatoms. The summed E-state index contributed by atoms with van der Waals surface area (Å²) in [5.41, 5.74) is 11.7. The molecule has 2 N–H and O–H groups in total. The first-order valence-corrected chi connectivity index (χ1v) is 27.1. The Hall–Kier alpha value is -5.35. The number of rotatable bonds is 35. The molecule has 0 bridgehead atoms. The van der Waals surface area contributed by atoms with Gasteiger partial charge >= 0.3 is 0 Å². The van der Waals surface area contributed by atoms with Gasteiger partial charge in [0.2, 0.25) is 5.91 Å². The summed E-state index contributed by atoms with van der Waals surface area (Å²) < 4.78 is 38.3. The number of methoxy groups -OCH3 is 2. The Morgan fingerprint density at radius 3 is 1.10 bits per heavy atom. The van der Waals surface area contributed by atoms with E-state index in [1.54, 1.807) is 14.2 Å². The molecule has 1 amide bonds. The van der Waals surface area contributed by atoms with Gasteiger partial charge in [0.25, 0.3) is 0 Å². The Bertz CT molecular complexity index is 2020. The van der Waals surface area contributed by atoms with E-state index in [4.69, 9.17) is 38.9 Å². The zero-order valence-corrected chi connectivity index (χ0v) is 45.4. The molecule has 0 fully saturated rings. The average molecular weight is 992 g/mol. The van der Waals surface area contributed by atoms with Gasteiger partial charge in [-0.3, -0.25) is 4.79 Å². The number of ether oxygens (including phenoxy) is 7. The molecule has 398 valence electrons. The molecular formula is C63H93NO8. The van der Waals surface area contributed by atoms with Crippen molar-refractivity contribution in [2.75, 3.05) is 60.5 Å². The second-order valence-electron chi connectivity index (χ2n) is 17.9. The fourth-order valence-corrected chi connectivity index (χ4v) is 7.16. The minimum atomic E-state index is -0.273. The average Bonchev–Trinajstić information content (AvgIpc) is 3.41. The maximum absolute atomic E-state index is 10.5. The minimum Gasteiger partial charge on any atom is -0.494 e. The molecule has 0 aliphatic rings. The van der Waals surface area contributed by atoms with E-state index in [-0.39, 0.29) is 5.91 Å². The Morgan fingerprint density at radius 1 is 0.375 bits per heavy atom. The van der Waals surface area contributed by atoms with Crippen molar-refractivity contribution in [2.45, 2.75) is 150 Å². The first-order valence-electron chi connectivity index (χ1n) is 27.1. The van der Waals surface area contributed by atoms with E-state index in [1.807, 2.05) is 54.6 Å². The molecule has 0 saturated heterocycles. The van der Waals surface area contributed by atoms with E-state index in [2.05, 4.69) is 100 Å². The van der Waals surface area contributed by atoms with Crippen LogP contribution in [0.2, 0.25) is 0 Å². The molecule has 5 aromatic rings. The van der Waals surface area contributed by atoms with Crippen LogP contribution in [0.3, 0.4) is 0 Å². The van der Waals surface area contributed by atoms with Gasteiger partial charge < -0.3 is 38.9 Å². The monoisotopic (exact) mass is 992 g/mol. The summed E-state index contributed by atoms with van der Waals surface area (Å²) in [6, 6.07) is 43.7. The predicted molar refractivity (Wildman–Crippen MR) is 299 cm³/mol. The molecule has 0 aromatic heterocycles. The maximum Gasteiger partial charge on any atom is 0.217 e. The van der Waals surface area contributed by atoms with Crippen molar-refractivity contribution in [1.29, 1.82) is 0 Å². The smallest absolute Gasteiger partial charge is 0.217 e. The maximum atomic E-state index is 10.5. The molecule has 0 spiro atoms. The molecule has 0 heterocycles. The number of benzene rings is 5. The Labute approximate surface area is 436 Å². The number of primary amides is 1.